The number of benzene rings is 2. The maximum absolute atomic E-state index is 13.8. The second kappa shape index (κ2) is 11.1. The molecule has 0 aliphatic carbocycles. The SMILES string of the molecule is CCC(C)N(CC(=O)N1CCc2sccc2C1c1ccc(F)cc1)C(=O)c1cc(OC)cc(OC)c1. The minimum Gasteiger partial charge on any atom is -0.497 e. The molecule has 2 unspecified atom stereocenters. The van der Waals surface area contributed by atoms with Crippen molar-refractivity contribution in [2.24, 2.45) is 0 Å². The molecule has 3 aromatic rings. The van der Waals surface area contributed by atoms with Crippen LogP contribution in [0.25, 0.3) is 0 Å². The van der Waals surface area contributed by atoms with E-state index in [9.17, 15) is 14.0 Å². The van der Waals surface area contributed by atoms with Crippen LogP contribution in [0.3, 0.4) is 0 Å². The number of carbonyl (C=O) groups excluding carboxylic acids is 2. The summed E-state index contributed by atoms with van der Waals surface area (Å²) in [6.07, 6.45) is 1.44. The van der Waals surface area contributed by atoms with Gasteiger partial charge in [-0.25, -0.2) is 4.39 Å². The van der Waals surface area contributed by atoms with Crippen LogP contribution < -0.4 is 9.47 Å². The van der Waals surface area contributed by atoms with E-state index in [1.54, 1.807) is 46.6 Å². The number of methoxy groups -OCH3 is 2. The molecule has 0 bridgehead atoms. The summed E-state index contributed by atoms with van der Waals surface area (Å²) in [5.74, 6) is 0.280. The van der Waals surface area contributed by atoms with Gasteiger partial charge in [0.05, 0.1) is 20.3 Å². The number of hydrogen-bond donors (Lipinski definition) is 0. The lowest BCUT2D eigenvalue weighted by atomic mass is 9.93. The molecule has 0 saturated heterocycles. The minimum absolute atomic E-state index is 0.0650. The summed E-state index contributed by atoms with van der Waals surface area (Å²) >= 11 is 1.67. The molecule has 0 spiro atoms. The molecule has 2 heterocycles. The van der Waals surface area contributed by atoms with Gasteiger partial charge in [-0.15, -0.1) is 11.3 Å². The highest BCUT2D eigenvalue weighted by atomic mass is 32.1. The molecule has 1 aliphatic heterocycles. The van der Waals surface area contributed by atoms with Crippen molar-refractivity contribution in [2.75, 3.05) is 27.3 Å². The molecule has 2 amide bonds. The summed E-state index contributed by atoms with van der Waals surface area (Å²) in [6, 6.07) is 12.9. The molecule has 190 valence electrons. The van der Waals surface area contributed by atoms with E-state index in [1.165, 1.54) is 31.2 Å². The summed E-state index contributed by atoms with van der Waals surface area (Å²) in [6.45, 7) is 4.39. The zero-order chi connectivity index (χ0) is 25.8. The minimum atomic E-state index is -0.320. The summed E-state index contributed by atoms with van der Waals surface area (Å²) in [5, 5.41) is 2.03. The fourth-order valence-corrected chi connectivity index (χ4v) is 5.47. The van der Waals surface area contributed by atoms with Gasteiger partial charge >= 0.3 is 0 Å². The molecule has 36 heavy (non-hydrogen) atoms. The van der Waals surface area contributed by atoms with E-state index in [1.807, 2.05) is 30.2 Å². The van der Waals surface area contributed by atoms with Crippen molar-refractivity contribution in [3.8, 4) is 11.5 Å². The van der Waals surface area contributed by atoms with Crippen molar-refractivity contribution in [3.63, 3.8) is 0 Å². The number of rotatable bonds is 8. The predicted molar refractivity (Wildman–Crippen MR) is 138 cm³/mol. The third-order valence-electron chi connectivity index (χ3n) is 6.76. The third kappa shape index (κ3) is 5.23. The molecule has 6 nitrogen and oxygen atoms in total. The zero-order valence-electron chi connectivity index (χ0n) is 21.0. The topological polar surface area (TPSA) is 59.1 Å². The highest BCUT2D eigenvalue weighted by molar-refractivity contribution is 7.10. The Morgan fingerprint density at radius 3 is 2.39 bits per heavy atom. The summed E-state index contributed by atoms with van der Waals surface area (Å²) < 4.78 is 24.3. The lowest BCUT2D eigenvalue weighted by Gasteiger charge is -2.38. The van der Waals surface area contributed by atoms with Crippen LogP contribution in [0.1, 0.15) is 52.7 Å². The largest absolute Gasteiger partial charge is 0.497 e. The number of fused-ring (bicyclic) bond motifs is 1. The molecule has 2 aromatic carbocycles. The first-order chi connectivity index (χ1) is 17.4. The maximum atomic E-state index is 13.8. The van der Waals surface area contributed by atoms with Gasteiger partial charge in [-0.1, -0.05) is 19.1 Å². The molecule has 0 N–H and O–H groups in total. The van der Waals surface area contributed by atoms with Crippen LogP contribution in [-0.4, -0.2) is 55.0 Å². The number of nitrogens with zero attached hydrogens (tertiary/aromatic N) is 2. The van der Waals surface area contributed by atoms with Gasteiger partial charge in [0, 0.05) is 29.1 Å². The number of amides is 2. The molecule has 0 fully saturated rings. The first-order valence-corrected chi connectivity index (χ1v) is 12.9. The van der Waals surface area contributed by atoms with Crippen molar-refractivity contribution in [3.05, 3.63) is 81.3 Å². The number of carbonyl (C=O) groups is 2. The van der Waals surface area contributed by atoms with Crippen molar-refractivity contribution >= 4 is 23.2 Å². The van der Waals surface area contributed by atoms with Gasteiger partial charge in [0.15, 0.2) is 0 Å². The molecule has 4 rings (SSSR count). The Morgan fingerprint density at radius 2 is 1.78 bits per heavy atom. The first kappa shape index (κ1) is 25.7. The number of halogens is 1. The van der Waals surface area contributed by atoms with E-state index < -0.39 is 0 Å². The van der Waals surface area contributed by atoms with Crippen LogP contribution in [-0.2, 0) is 11.2 Å². The molecule has 1 aromatic heterocycles. The monoisotopic (exact) mass is 510 g/mol. The van der Waals surface area contributed by atoms with E-state index in [0.717, 1.165) is 17.5 Å². The quantitative estimate of drug-likeness (QED) is 0.412. The van der Waals surface area contributed by atoms with Crippen molar-refractivity contribution in [2.45, 2.75) is 38.8 Å². The third-order valence-corrected chi connectivity index (χ3v) is 7.76. The van der Waals surface area contributed by atoms with Crippen LogP contribution >= 0.6 is 11.3 Å². The van der Waals surface area contributed by atoms with E-state index in [2.05, 4.69) is 0 Å². The molecule has 1 aliphatic rings. The Labute approximate surface area is 215 Å². The average molecular weight is 511 g/mol. The van der Waals surface area contributed by atoms with E-state index in [-0.39, 0.29) is 36.3 Å². The standard InChI is InChI=1S/C28H31FN2O4S/c1-5-18(2)31(28(33)20-14-22(34-3)16-23(15-20)35-4)17-26(32)30-12-10-25-24(11-13-36-25)27(30)19-6-8-21(29)9-7-19/h6-9,11,13-16,18,27H,5,10,12,17H2,1-4H3. The summed E-state index contributed by atoms with van der Waals surface area (Å²) in [5.41, 5.74) is 2.31. The Morgan fingerprint density at radius 1 is 1.11 bits per heavy atom. The van der Waals surface area contributed by atoms with Crippen molar-refractivity contribution in [1.82, 2.24) is 9.80 Å². The van der Waals surface area contributed by atoms with E-state index in [0.29, 0.717) is 30.0 Å². The molecule has 0 radical (unpaired) electrons. The second-order valence-electron chi connectivity index (χ2n) is 8.88. The van der Waals surface area contributed by atoms with E-state index in [4.69, 9.17) is 9.47 Å². The molecule has 2 atom stereocenters. The zero-order valence-corrected chi connectivity index (χ0v) is 21.8. The smallest absolute Gasteiger partial charge is 0.254 e. The summed E-state index contributed by atoms with van der Waals surface area (Å²) in [7, 11) is 3.06. The average Bonchev–Trinajstić information content (AvgIpc) is 3.39. The first-order valence-electron chi connectivity index (χ1n) is 12.0. The van der Waals surface area contributed by atoms with Crippen molar-refractivity contribution in [1.29, 1.82) is 0 Å². The summed E-state index contributed by atoms with van der Waals surface area (Å²) in [4.78, 5) is 32.1. The predicted octanol–water partition coefficient (Wildman–Crippen LogP) is 5.32. The lowest BCUT2D eigenvalue weighted by molar-refractivity contribution is -0.134. The van der Waals surface area contributed by atoms with Gasteiger partial charge in [-0.3, -0.25) is 9.59 Å². The molecular formula is C28H31FN2O4S. The van der Waals surface area contributed by atoms with Crippen LogP contribution in [0.5, 0.6) is 11.5 Å². The Balaban J connectivity index is 1.65. The second-order valence-corrected chi connectivity index (χ2v) is 9.88. The highest BCUT2D eigenvalue weighted by Gasteiger charge is 2.35. The normalized spacial score (nSPS) is 15.7. The lowest BCUT2D eigenvalue weighted by Crippen LogP contribution is -2.49. The fraction of sp³-hybridized carbons (Fsp3) is 0.357. The van der Waals surface area contributed by atoms with Gasteiger partial charge in [0.1, 0.15) is 23.9 Å². The Bertz CT molecular complexity index is 1200. The van der Waals surface area contributed by atoms with Gasteiger partial charge in [0.25, 0.3) is 5.91 Å². The number of thiophene rings is 1. The number of ether oxygens (including phenoxy) is 2. The van der Waals surface area contributed by atoms with Gasteiger partial charge < -0.3 is 19.3 Å². The van der Waals surface area contributed by atoms with Crippen LogP contribution in [0.4, 0.5) is 4.39 Å². The number of hydrogen-bond acceptors (Lipinski definition) is 5. The van der Waals surface area contributed by atoms with Crippen molar-refractivity contribution < 1.29 is 23.5 Å². The molecule has 0 saturated carbocycles. The molecular weight excluding hydrogens is 479 g/mol. The Kier molecular flexibility index (Phi) is 7.94. The van der Waals surface area contributed by atoms with Gasteiger partial charge in [0.2, 0.25) is 5.91 Å². The van der Waals surface area contributed by atoms with Gasteiger partial charge in [-0.05, 0) is 66.6 Å². The van der Waals surface area contributed by atoms with Crippen LogP contribution in [0.15, 0.2) is 53.9 Å². The molecule has 8 heteroatoms. The maximum Gasteiger partial charge on any atom is 0.254 e. The Hall–Kier alpha value is -3.39. The van der Waals surface area contributed by atoms with Crippen LogP contribution in [0, 0.1) is 5.82 Å². The highest BCUT2D eigenvalue weighted by Crippen LogP contribution is 2.38. The fourth-order valence-electron chi connectivity index (χ4n) is 4.57. The van der Waals surface area contributed by atoms with Gasteiger partial charge in [-0.2, -0.15) is 0 Å². The van der Waals surface area contributed by atoms with Crippen LogP contribution in [0.2, 0.25) is 0 Å². The van der Waals surface area contributed by atoms with E-state index >= 15 is 0 Å².